The molecule has 5 heteroatoms. The van der Waals surface area contributed by atoms with Gasteiger partial charge in [-0.05, 0) is 36.2 Å². The van der Waals surface area contributed by atoms with Gasteiger partial charge in [0.25, 0.3) is 0 Å². The SMILES string of the molecule is Cc1ccnc(Cl)c1NC(=O)Cc1cccc(Br)c1. The molecule has 3 nitrogen and oxygen atoms in total. The summed E-state index contributed by atoms with van der Waals surface area (Å²) in [4.78, 5) is 15.9. The summed E-state index contributed by atoms with van der Waals surface area (Å²) in [6.45, 7) is 1.88. The van der Waals surface area contributed by atoms with Gasteiger partial charge in [-0.1, -0.05) is 39.7 Å². The van der Waals surface area contributed by atoms with Gasteiger partial charge in [-0.2, -0.15) is 0 Å². The van der Waals surface area contributed by atoms with Crippen LogP contribution in [-0.4, -0.2) is 10.9 Å². The second-order valence-electron chi connectivity index (χ2n) is 4.15. The van der Waals surface area contributed by atoms with E-state index in [0.29, 0.717) is 17.3 Å². The van der Waals surface area contributed by atoms with Gasteiger partial charge in [0.2, 0.25) is 5.91 Å². The van der Waals surface area contributed by atoms with E-state index in [2.05, 4.69) is 26.2 Å². The molecule has 0 radical (unpaired) electrons. The quantitative estimate of drug-likeness (QED) is 0.859. The second kappa shape index (κ2) is 6.17. The molecule has 2 aromatic rings. The first kappa shape index (κ1) is 14.0. The summed E-state index contributed by atoms with van der Waals surface area (Å²) in [5, 5.41) is 3.11. The number of amides is 1. The first-order valence-electron chi connectivity index (χ1n) is 5.71. The molecule has 0 saturated carbocycles. The van der Waals surface area contributed by atoms with E-state index in [1.165, 1.54) is 0 Å². The number of aryl methyl sites for hydroxylation is 1. The number of hydrogen-bond acceptors (Lipinski definition) is 2. The molecule has 1 aromatic carbocycles. The molecule has 0 aliphatic rings. The lowest BCUT2D eigenvalue weighted by Crippen LogP contribution is -2.15. The third-order valence-electron chi connectivity index (χ3n) is 2.63. The lowest BCUT2D eigenvalue weighted by atomic mass is 10.1. The van der Waals surface area contributed by atoms with Crippen molar-refractivity contribution in [1.29, 1.82) is 0 Å². The Morgan fingerprint density at radius 3 is 2.89 bits per heavy atom. The molecule has 98 valence electrons. The molecular formula is C14H12BrClN2O. The van der Waals surface area contributed by atoms with Crippen LogP contribution in [0.5, 0.6) is 0 Å². The Labute approximate surface area is 125 Å². The van der Waals surface area contributed by atoms with Crippen LogP contribution in [0.3, 0.4) is 0 Å². The fourth-order valence-electron chi connectivity index (χ4n) is 1.69. The third-order valence-corrected chi connectivity index (χ3v) is 3.41. The summed E-state index contributed by atoms with van der Waals surface area (Å²) in [6, 6.07) is 9.44. The average Bonchev–Trinajstić information content (AvgIpc) is 2.34. The number of benzene rings is 1. The minimum Gasteiger partial charge on any atom is -0.323 e. The smallest absolute Gasteiger partial charge is 0.228 e. The van der Waals surface area contributed by atoms with E-state index >= 15 is 0 Å². The summed E-state index contributed by atoms with van der Waals surface area (Å²) in [7, 11) is 0. The van der Waals surface area contributed by atoms with E-state index in [9.17, 15) is 4.79 Å². The predicted octanol–water partition coefficient (Wildman–Crippen LogP) is 3.99. The van der Waals surface area contributed by atoms with Crippen molar-refractivity contribution < 1.29 is 4.79 Å². The van der Waals surface area contributed by atoms with Gasteiger partial charge >= 0.3 is 0 Å². The van der Waals surface area contributed by atoms with Crippen LogP contribution in [0.25, 0.3) is 0 Å². The zero-order valence-electron chi connectivity index (χ0n) is 10.3. The molecule has 0 unspecified atom stereocenters. The van der Waals surface area contributed by atoms with Gasteiger partial charge in [-0.3, -0.25) is 4.79 Å². The largest absolute Gasteiger partial charge is 0.323 e. The summed E-state index contributed by atoms with van der Waals surface area (Å²) < 4.78 is 0.952. The van der Waals surface area contributed by atoms with Crippen molar-refractivity contribution >= 4 is 39.1 Å². The number of rotatable bonds is 3. The van der Waals surface area contributed by atoms with Gasteiger partial charge in [0.15, 0.2) is 5.15 Å². The molecule has 0 saturated heterocycles. The molecule has 1 heterocycles. The molecule has 0 atom stereocenters. The fourth-order valence-corrected chi connectivity index (χ4v) is 2.39. The van der Waals surface area contributed by atoms with Crippen LogP contribution in [-0.2, 0) is 11.2 Å². The van der Waals surface area contributed by atoms with Crippen LogP contribution in [0, 0.1) is 6.92 Å². The Morgan fingerprint density at radius 2 is 2.21 bits per heavy atom. The van der Waals surface area contributed by atoms with Crippen LogP contribution in [0.1, 0.15) is 11.1 Å². The lowest BCUT2D eigenvalue weighted by Gasteiger charge is -2.09. The van der Waals surface area contributed by atoms with Gasteiger partial charge in [0.05, 0.1) is 12.1 Å². The van der Waals surface area contributed by atoms with Crippen LogP contribution in [0.15, 0.2) is 41.0 Å². The molecular weight excluding hydrogens is 328 g/mol. The minimum absolute atomic E-state index is 0.115. The zero-order chi connectivity index (χ0) is 13.8. The molecule has 1 aromatic heterocycles. The van der Waals surface area contributed by atoms with Crippen LogP contribution >= 0.6 is 27.5 Å². The second-order valence-corrected chi connectivity index (χ2v) is 5.42. The summed E-state index contributed by atoms with van der Waals surface area (Å²) in [6.07, 6.45) is 1.91. The number of nitrogens with zero attached hydrogens (tertiary/aromatic N) is 1. The van der Waals surface area contributed by atoms with Crippen molar-refractivity contribution in [2.75, 3.05) is 5.32 Å². The molecule has 1 N–H and O–H groups in total. The summed E-state index contributed by atoms with van der Waals surface area (Å²) in [5.74, 6) is -0.115. The highest BCUT2D eigenvalue weighted by Crippen LogP contribution is 2.23. The van der Waals surface area contributed by atoms with E-state index in [1.54, 1.807) is 12.3 Å². The number of hydrogen-bond donors (Lipinski definition) is 1. The molecule has 0 aliphatic carbocycles. The third kappa shape index (κ3) is 3.78. The highest BCUT2D eigenvalue weighted by molar-refractivity contribution is 9.10. The van der Waals surface area contributed by atoms with E-state index in [-0.39, 0.29) is 5.91 Å². The molecule has 0 fully saturated rings. The zero-order valence-corrected chi connectivity index (χ0v) is 12.6. The number of pyridine rings is 1. The Balaban J connectivity index is 2.10. The Hall–Kier alpha value is -1.39. The number of aromatic nitrogens is 1. The van der Waals surface area contributed by atoms with Gasteiger partial charge in [0.1, 0.15) is 0 Å². The van der Waals surface area contributed by atoms with Crippen molar-refractivity contribution in [2.24, 2.45) is 0 Å². The van der Waals surface area contributed by atoms with Crippen molar-refractivity contribution in [3.8, 4) is 0 Å². The van der Waals surface area contributed by atoms with Crippen molar-refractivity contribution in [2.45, 2.75) is 13.3 Å². The van der Waals surface area contributed by atoms with Gasteiger partial charge in [-0.25, -0.2) is 4.98 Å². The maximum Gasteiger partial charge on any atom is 0.228 e. The molecule has 19 heavy (non-hydrogen) atoms. The predicted molar refractivity (Wildman–Crippen MR) is 80.5 cm³/mol. The Bertz CT molecular complexity index is 596. The number of nitrogens with one attached hydrogen (secondary N) is 1. The highest BCUT2D eigenvalue weighted by atomic mass is 79.9. The van der Waals surface area contributed by atoms with Crippen LogP contribution < -0.4 is 5.32 Å². The summed E-state index contributed by atoms with van der Waals surface area (Å²) in [5.41, 5.74) is 2.40. The Kier molecular flexibility index (Phi) is 4.56. The fraction of sp³-hybridized carbons (Fsp3) is 0.143. The minimum atomic E-state index is -0.115. The average molecular weight is 340 g/mol. The van der Waals surface area contributed by atoms with Crippen molar-refractivity contribution in [3.05, 3.63) is 57.3 Å². The first-order valence-corrected chi connectivity index (χ1v) is 6.89. The maximum absolute atomic E-state index is 12.0. The van der Waals surface area contributed by atoms with Crippen LogP contribution in [0.4, 0.5) is 5.69 Å². The van der Waals surface area contributed by atoms with E-state index < -0.39 is 0 Å². The van der Waals surface area contributed by atoms with Gasteiger partial charge in [0, 0.05) is 10.7 Å². The van der Waals surface area contributed by atoms with E-state index in [1.807, 2.05) is 31.2 Å². The summed E-state index contributed by atoms with van der Waals surface area (Å²) >= 11 is 9.35. The highest BCUT2D eigenvalue weighted by Gasteiger charge is 2.10. The van der Waals surface area contributed by atoms with E-state index in [4.69, 9.17) is 11.6 Å². The number of carbonyl (C=O) groups is 1. The van der Waals surface area contributed by atoms with Gasteiger partial charge in [-0.15, -0.1) is 0 Å². The van der Waals surface area contributed by atoms with Crippen molar-refractivity contribution in [3.63, 3.8) is 0 Å². The molecule has 0 spiro atoms. The lowest BCUT2D eigenvalue weighted by molar-refractivity contribution is -0.115. The molecule has 0 aliphatic heterocycles. The topological polar surface area (TPSA) is 42.0 Å². The number of anilines is 1. The first-order chi connectivity index (χ1) is 9.06. The van der Waals surface area contributed by atoms with Crippen LogP contribution in [0.2, 0.25) is 5.15 Å². The standard InChI is InChI=1S/C14H12BrClN2O/c1-9-5-6-17-14(16)13(9)18-12(19)8-10-3-2-4-11(15)7-10/h2-7H,8H2,1H3,(H,18,19). The number of carbonyl (C=O) groups excluding carboxylic acids is 1. The van der Waals surface area contributed by atoms with Crippen molar-refractivity contribution in [1.82, 2.24) is 4.98 Å². The molecule has 2 rings (SSSR count). The van der Waals surface area contributed by atoms with E-state index in [0.717, 1.165) is 15.6 Å². The maximum atomic E-state index is 12.0. The number of halogens is 2. The Morgan fingerprint density at radius 1 is 1.42 bits per heavy atom. The normalized spacial score (nSPS) is 10.3. The molecule has 0 bridgehead atoms. The van der Waals surface area contributed by atoms with Gasteiger partial charge < -0.3 is 5.32 Å². The molecule has 1 amide bonds. The monoisotopic (exact) mass is 338 g/mol.